The lowest BCUT2D eigenvalue weighted by atomic mass is 10.0. The van der Waals surface area contributed by atoms with Crippen LogP contribution in [0.15, 0.2) is 18.2 Å². The Labute approximate surface area is 100.0 Å². The first kappa shape index (κ1) is 13.4. The fourth-order valence-corrected chi connectivity index (χ4v) is 1.66. The Bertz CT molecular complexity index is 344. The highest BCUT2D eigenvalue weighted by Crippen LogP contribution is 2.19. The standard InChI is InChI=1S/C12H16ClFO2/c1-3-16-8(2)12(15)7-9-6-10(14)4-5-11(9)13/h4-6,8,12,15H,3,7H2,1-2H3. The van der Waals surface area contributed by atoms with Crippen molar-refractivity contribution in [2.24, 2.45) is 0 Å². The Kier molecular flexibility index (Phi) is 5.19. The predicted molar refractivity (Wildman–Crippen MR) is 62.2 cm³/mol. The minimum atomic E-state index is -0.681. The van der Waals surface area contributed by atoms with E-state index in [1.165, 1.54) is 18.2 Å². The molecule has 1 aromatic rings. The second kappa shape index (κ2) is 6.18. The van der Waals surface area contributed by atoms with E-state index in [4.69, 9.17) is 16.3 Å². The van der Waals surface area contributed by atoms with E-state index in [2.05, 4.69) is 0 Å². The molecule has 2 unspecified atom stereocenters. The summed E-state index contributed by atoms with van der Waals surface area (Å²) in [6.45, 7) is 4.18. The smallest absolute Gasteiger partial charge is 0.123 e. The summed E-state index contributed by atoms with van der Waals surface area (Å²) < 4.78 is 18.2. The van der Waals surface area contributed by atoms with E-state index in [1.54, 1.807) is 6.92 Å². The van der Waals surface area contributed by atoms with Crippen molar-refractivity contribution in [1.82, 2.24) is 0 Å². The summed E-state index contributed by atoms with van der Waals surface area (Å²) in [7, 11) is 0. The van der Waals surface area contributed by atoms with Crippen LogP contribution in [0.25, 0.3) is 0 Å². The minimum absolute atomic E-state index is 0.288. The first-order chi connectivity index (χ1) is 7.54. The number of rotatable bonds is 5. The van der Waals surface area contributed by atoms with Crippen molar-refractivity contribution < 1.29 is 14.2 Å². The van der Waals surface area contributed by atoms with Crippen LogP contribution in [0.1, 0.15) is 19.4 Å². The Morgan fingerprint density at radius 3 is 2.81 bits per heavy atom. The van der Waals surface area contributed by atoms with Crippen LogP contribution in [0.5, 0.6) is 0 Å². The van der Waals surface area contributed by atoms with Crippen LogP contribution < -0.4 is 0 Å². The quantitative estimate of drug-likeness (QED) is 0.866. The van der Waals surface area contributed by atoms with Gasteiger partial charge in [-0.05, 0) is 37.6 Å². The van der Waals surface area contributed by atoms with Crippen molar-refractivity contribution in [2.45, 2.75) is 32.5 Å². The predicted octanol–water partition coefficient (Wildman–Crippen LogP) is 2.81. The van der Waals surface area contributed by atoms with Crippen molar-refractivity contribution in [1.29, 1.82) is 0 Å². The molecule has 0 aliphatic heterocycles. The summed E-state index contributed by atoms with van der Waals surface area (Å²) in [5.41, 5.74) is 0.598. The molecule has 0 saturated heterocycles. The first-order valence-corrected chi connectivity index (χ1v) is 5.66. The maximum atomic E-state index is 13.0. The van der Waals surface area contributed by atoms with Crippen LogP contribution in [0.4, 0.5) is 4.39 Å². The molecule has 0 fully saturated rings. The molecule has 0 aliphatic carbocycles. The molecule has 1 rings (SSSR count). The van der Waals surface area contributed by atoms with E-state index in [0.717, 1.165) is 0 Å². The molecule has 0 aromatic heterocycles. The van der Waals surface area contributed by atoms with Crippen LogP contribution in [0.2, 0.25) is 5.02 Å². The van der Waals surface area contributed by atoms with Gasteiger partial charge in [-0.25, -0.2) is 4.39 Å². The number of hydrogen-bond acceptors (Lipinski definition) is 2. The van der Waals surface area contributed by atoms with Crippen LogP contribution in [-0.4, -0.2) is 23.9 Å². The minimum Gasteiger partial charge on any atom is -0.390 e. The van der Waals surface area contributed by atoms with Crippen molar-refractivity contribution in [3.63, 3.8) is 0 Å². The zero-order chi connectivity index (χ0) is 12.1. The van der Waals surface area contributed by atoms with E-state index in [1.807, 2.05) is 6.92 Å². The molecule has 0 amide bonds. The molecule has 2 nitrogen and oxygen atoms in total. The van der Waals surface area contributed by atoms with Gasteiger partial charge in [-0.2, -0.15) is 0 Å². The van der Waals surface area contributed by atoms with Gasteiger partial charge in [0.05, 0.1) is 12.2 Å². The molecular formula is C12H16ClFO2. The highest BCUT2D eigenvalue weighted by Gasteiger charge is 2.16. The van der Waals surface area contributed by atoms with Gasteiger partial charge in [-0.1, -0.05) is 11.6 Å². The second-order valence-electron chi connectivity index (χ2n) is 3.67. The highest BCUT2D eigenvalue weighted by molar-refractivity contribution is 6.31. The molecule has 0 saturated carbocycles. The molecule has 16 heavy (non-hydrogen) atoms. The van der Waals surface area contributed by atoms with Crippen molar-refractivity contribution >= 4 is 11.6 Å². The number of ether oxygens (including phenoxy) is 1. The van der Waals surface area contributed by atoms with E-state index in [0.29, 0.717) is 17.2 Å². The molecule has 1 aromatic carbocycles. The van der Waals surface area contributed by atoms with Gasteiger partial charge in [-0.3, -0.25) is 0 Å². The first-order valence-electron chi connectivity index (χ1n) is 5.28. The SMILES string of the molecule is CCOC(C)C(O)Cc1cc(F)ccc1Cl. The van der Waals surface area contributed by atoms with Gasteiger partial charge in [0.25, 0.3) is 0 Å². The third-order valence-electron chi connectivity index (χ3n) is 2.41. The summed E-state index contributed by atoms with van der Waals surface area (Å²) >= 11 is 5.90. The highest BCUT2D eigenvalue weighted by atomic mass is 35.5. The Morgan fingerprint density at radius 2 is 2.19 bits per heavy atom. The third kappa shape index (κ3) is 3.74. The molecule has 90 valence electrons. The lowest BCUT2D eigenvalue weighted by molar-refractivity contribution is -0.0208. The van der Waals surface area contributed by atoms with Crippen LogP contribution in [0, 0.1) is 5.82 Å². The number of hydrogen-bond donors (Lipinski definition) is 1. The summed E-state index contributed by atoms with van der Waals surface area (Å²) in [5.74, 6) is -0.351. The molecule has 0 bridgehead atoms. The molecular weight excluding hydrogens is 231 g/mol. The number of aliphatic hydroxyl groups is 1. The fraction of sp³-hybridized carbons (Fsp3) is 0.500. The van der Waals surface area contributed by atoms with Crippen molar-refractivity contribution in [3.05, 3.63) is 34.6 Å². The maximum absolute atomic E-state index is 13.0. The van der Waals surface area contributed by atoms with Crippen molar-refractivity contribution in [2.75, 3.05) is 6.61 Å². The summed E-state index contributed by atoms with van der Waals surface area (Å²) in [6.07, 6.45) is -0.679. The summed E-state index contributed by atoms with van der Waals surface area (Å²) in [6, 6.07) is 4.12. The van der Waals surface area contributed by atoms with Gasteiger partial charge in [0.2, 0.25) is 0 Å². The molecule has 2 atom stereocenters. The topological polar surface area (TPSA) is 29.5 Å². The molecule has 0 spiro atoms. The lowest BCUT2D eigenvalue weighted by Gasteiger charge is -2.19. The van der Waals surface area contributed by atoms with Crippen molar-refractivity contribution in [3.8, 4) is 0 Å². The Balaban J connectivity index is 2.68. The number of benzene rings is 1. The molecule has 0 radical (unpaired) electrons. The van der Waals surface area contributed by atoms with E-state index < -0.39 is 6.10 Å². The van der Waals surface area contributed by atoms with Gasteiger partial charge in [0.15, 0.2) is 0 Å². The second-order valence-corrected chi connectivity index (χ2v) is 4.07. The largest absolute Gasteiger partial charge is 0.390 e. The van der Waals surface area contributed by atoms with Gasteiger partial charge < -0.3 is 9.84 Å². The normalized spacial score (nSPS) is 14.8. The van der Waals surface area contributed by atoms with Gasteiger partial charge in [0, 0.05) is 18.1 Å². The third-order valence-corrected chi connectivity index (χ3v) is 2.78. The molecule has 0 aliphatic rings. The molecule has 1 N–H and O–H groups in total. The number of aliphatic hydroxyl groups excluding tert-OH is 1. The van der Waals surface area contributed by atoms with E-state index >= 15 is 0 Å². The molecule has 0 heterocycles. The average molecular weight is 247 g/mol. The lowest BCUT2D eigenvalue weighted by Crippen LogP contribution is -2.28. The summed E-state index contributed by atoms with van der Waals surface area (Å²) in [4.78, 5) is 0. The van der Waals surface area contributed by atoms with Gasteiger partial charge in [0.1, 0.15) is 5.82 Å². The molecule has 4 heteroatoms. The number of halogens is 2. The van der Waals surface area contributed by atoms with Crippen LogP contribution in [0.3, 0.4) is 0 Å². The zero-order valence-electron chi connectivity index (χ0n) is 9.41. The van der Waals surface area contributed by atoms with Crippen LogP contribution >= 0.6 is 11.6 Å². The van der Waals surface area contributed by atoms with Crippen LogP contribution in [-0.2, 0) is 11.2 Å². The van der Waals surface area contributed by atoms with E-state index in [-0.39, 0.29) is 18.3 Å². The maximum Gasteiger partial charge on any atom is 0.123 e. The zero-order valence-corrected chi connectivity index (χ0v) is 10.2. The monoisotopic (exact) mass is 246 g/mol. The Morgan fingerprint density at radius 1 is 1.50 bits per heavy atom. The fourth-order valence-electron chi connectivity index (χ4n) is 1.46. The Hall–Kier alpha value is -0.640. The summed E-state index contributed by atoms with van der Waals surface area (Å²) in [5, 5.41) is 10.3. The average Bonchev–Trinajstić information content (AvgIpc) is 2.23. The van der Waals surface area contributed by atoms with Gasteiger partial charge in [-0.15, -0.1) is 0 Å². The van der Waals surface area contributed by atoms with E-state index in [9.17, 15) is 9.50 Å². The van der Waals surface area contributed by atoms with Gasteiger partial charge >= 0.3 is 0 Å².